The quantitative estimate of drug-likeness (QED) is 0.763. The molecule has 3 heteroatoms. The molecule has 1 N–H and O–H groups in total. The number of rotatable bonds is 3. The molecule has 2 nitrogen and oxygen atoms in total. The molecular formula is C15H15NOS. The summed E-state index contributed by atoms with van der Waals surface area (Å²) in [6.45, 7) is 1.97. The van der Waals surface area contributed by atoms with E-state index in [4.69, 9.17) is 4.42 Å². The topological polar surface area (TPSA) is 25.2 Å². The molecule has 0 aliphatic heterocycles. The Balaban J connectivity index is 2.14. The predicted molar refractivity (Wildman–Crippen MR) is 76.2 cm³/mol. The van der Waals surface area contributed by atoms with Gasteiger partial charge in [-0.05, 0) is 42.4 Å². The van der Waals surface area contributed by atoms with Gasteiger partial charge in [0.25, 0.3) is 0 Å². The molecule has 1 unspecified atom stereocenters. The maximum absolute atomic E-state index is 5.43. The van der Waals surface area contributed by atoms with Crippen molar-refractivity contribution >= 4 is 21.4 Å². The van der Waals surface area contributed by atoms with E-state index >= 15 is 0 Å². The lowest BCUT2D eigenvalue weighted by molar-refractivity contribution is 0.528. The van der Waals surface area contributed by atoms with Gasteiger partial charge >= 0.3 is 0 Å². The average Bonchev–Trinajstić information content (AvgIpc) is 2.99. The van der Waals surface area contributed by atoms with E-state index in [2.05, 4.69) is 41.0 Å². The van der Waals surface area contributed by atoms with Gasteiger partial charge in [0.1, 0.15) is 5.76 Å². The van der Waals surface area contributed by atoms with Crippen molar-refractivity contribution < 1.29 is 4.42 Å². The largest absolute Gasteiger partial charge is 0.469 e. The van der Waals surface area contributed by atoms with Crippen molar-refractivity contribution in [2.24, 2.45) is 0 Å². The Hall–Kier alpha value is -1.58. The summed E-state index contributed by atoms with van der Waals surface area (Å²) in [6, 6.07) is 10.9. The van der Waals surface area contributed by atoms with Crippen LogP contribution in [-0.4, -0.2) is 7.05 Å². The predicted octanol–water partition coefficient (Wildman–Crippen LogP) is 4.11. The van der Waals surface area contributed by atoms with Crippen molar-refractivity contribution in [1.82, 2.24) is 5.32 Å². The Bertz CT molecular complexity index is 668. The van der Waals surface area contributed by atoms with Gasteiger partial charge in [0.2, 0.25) is 0 Å². The summed E-state index contributed by atoms with van der Waals surface area (Å²) in [5.41, 5.74) is 2.49. The van der Waals surface area contributed by atoms with Crippen molar-refractivity contribution in [2.75, 3.05) is 7.05 Å². The van der Waals surface area contributed by atoms with Gasteiger partial charge < -0.3 is 9.73 Å². The van der Waals surface area contributed by atoms with Crippen molar-refractivity contribution in [3.8, 4) is 0 Å². The van der Waals surface area contributed by atoms with Crippen LogP contribution in [0.2, 0.25) is 0 Å². The molecule has 3 rings (SSSR count). The number of furan rings is 1. The summed E-state index contributed by atoms with van der Waals surface area (Å²) in [5, 5.41) is 6.82. The molecule has 2 aromatic heterocycles. The van der Waals surface area contributed by atoms with Crippen LogP contribution in [0.3, 0.4) is 0 Å². The molecule has 0 fully saturated rings. The molecule has 18 heavy (non-hydrogen) atoms. The van der Waals surface area contributed by atoms with E-state index in [9.17, 15) is 0 Å². The molecule has 0 amide bonds. The third-order valence-electron chi connectivity index (χ3n) is 3.19. The summed E-state index contributed by atoms with van der Waals surface area (Å²) in [6.07, 6.45) is 1.84. The summed E-state index contributed by atoms with van der Waals surface area (Å²) < 4.78 is 6.77. The van der Waals surface area contributed by atoms with Crippen LogP contribution in [0.25, 0.3) is 10.1 Å². The van der Waals surface area contributed by atoms with E-state index < -0.39 is 0 Å². The summed E-state index contributed by atoms with van der Waals surface area (Å²) in [5.74, 6) is 0.948. The van der Waals surface area contributed by atoms with Gasteiger partial charge in [-0.25, -0.2) is 0 Å². The van der Waals surface area contributed by atoms with Crippen molar-refractivity contribution in [2.45, 2.75) is 13.0 Å². The third-order valence-corrected chi connectivity index (χ3v) is 4.17. The molecule has 1 aromatic carbocycles. The van der Waals surface area contributed by atoms with Crippen LogP contribution in [0.4, 0.5) is 0 Å². The normalized spacial score (nSPS) is 13.0. The van der Waals surface area contributed by atoms with Crippen LogP contribution in [0.5, 0.6) is 0 Å². The van der Waals surface area contributed by atoms with Crippen molar-refractivity contribution in [3.63, 3.8) is 0 Å². The van der Waals surface area contributed by atoms with Crippen molar-refractivity contribution in [3.05, 3.63) is 58.9 Å². The average molecular weight is 257 g/mol. The number of hydrogen-bond donors (Lipinski definition) is 1. The Kier molecular flexibility index (Phi) is 2.94. The molecule has 0 aliphatic rings. The molecule has 0 saturated carbocycles. The van der Waals surface area contributed by atoms with Crippen LogP contribution >= 0.6 is 11.3 Å². The lowest BCUT2D eigenvalue weighted by atomic mass is 10.00. The second-order valence-corrected chi connectivity index (χ2v) is 5.31. The van der Waals surface area contributed by atoms with Crippen LogP contribution in [0, 0.1) is 6.92 Å². The van der Waals surface area contributed by atoms with E-state index in [-0.39, 0.29) is 6.04 Å². The molecule has 92 valence electrons. The molecule has 1 atom stereocenters. The van der Waals surface area contributed by atoms with E-state index in [0.29, 0.717) is 0 Å². The molecular weight excluding hydrogens is 242 g/mol. The summed E-state index contributed by atoms with van der Waals surface area (Å²) in [7, 11) is 1.99. The van der Waals surface area contributed by atoms with Crippen LogP contribution < -0.4 is 5.32 Å². The number of hydrogen-bond acceptors (Lipinski definition) is 3. The van der Waals surface area contributed by atoms with Gasteiger partial charge in [-0.15, -0.1) is 11.3 Å². The molecule has 0 aliphatic carbocycles. The zero-order valence-corrected chi connectivity index (χ0v) is 11.3. The lowest BCUT2D eigenvalue weighted by Gasteiger charge is -2.15. The first kappa shape index (κ1) is 11.5. The third kappa shape index (κ3) is 1.85. The lowest BCUT2D eigenvalue weighted by Crippen LogP contribution is -2.17. The summed E-state index contributed by atoms with van der Waals surface area (Å²) in [4.78, 5) is 0. The van der Waals surface area contributed by atoms with E-state index in [1.807, 2.05) is 20.2 Å². The Labute approximate surface area is 110 Å². The zero-order valence-electron chi connectivity index (χ0n) is 10.4. The van der Waals surface area contributed by atoms with Gasteiger partial charge in [-0.3, -0.25) is 0 Å². The maximum Gasteiger partial charge on any atom is 0.101 e. The monoisotopic (exact) mass is 257 g/mol. The van der Waals surface area contributed by atoms with E-state index in [1.54, 1.807) is 11.3 Å². The van der Waals surface area contributed by atoms with Crippen LogP contribution in [0.1, 0.15) is 22.9 Å². The van der Waals surface area contributed by atoms with Gasteiger partial charge in [0.05, 0.1) is 12.3 Å². The number of aryl methyl sites for hydroxylation is 1. The minimum Gasteiger partial charge on any atom is -0.469 e. The number of benzene rings is 1. The van der Waals surface area contributed by atoms with Gasteiger partial charge in [0.15, 0.2) is 0 Å². The Morgan fingerprint density at radius 3 is 2.89 bits per heavy atom. The molecule has 3 aromatic rings. The fraction of sp³-hybridized carbons (Fsp3) is 0.200. The smallest absolute Gasteiger partial charge is 0.101 e. The summed E-state index contributed by atoms with van der Waals surface area (Å²) >= 11 is 1.79. The second kappa shape index (κ2) is 4.59. The SMILES string of the molecule is CNC(c1coc(C)c1)c1cccc2ccsc12. The van der Waals surface area contributed by atoms with Crippen LogP contribution in [0.15, 0.2) is 46.4 Å². The molecule has 0 radical (unpaired) electrons. The molecule has 0 spiro atoms. The molecule has 0 saturated heterocycles. The van der Waals surface area contributed by atoms with Crippen LogP contribution in [-0.2, 0) is 0 Å². The standard InChI is InChI=1S/C15H15NOS/c1-10-8-12(9-17-10)14(16-2)13-5-3-4-11-6-7-18-15(11)13/h3-9,14,16H,1-2H3. The zero-order chi connectivity index (χ0) is 12.5. The maximum atomic E-state index is 5.43. The fourth-order valence-electron chi connectivity index (χ4n) is 2.36. The highest BCUT2D eigenvalue weighted by atomic mass is 32.1. The first-order chi connectivity index (χ1) is 8.79. The highest BCUT2D eigenvalue weighted by Gasteiger charge is 2.17. The Morgan fingerprint density at radius 2 is 2.17 bits per heavy atom. The fourth-order valence-corrected chi connectivity index (χ4v) is 3.31. The van der Waals surface area contributed by atoms with E-state index in [0.717, 1.165) is 5.76 Å². The minimum absolute atomic E-state index is 0.185. The van der Waals surface area contributed by atoms with Gasteiger partial charge in [-0.1, -0.05) is 18.2 Å². The van der Waals surface area contributed by atoms with Crippen molar-refractivity contribution in [1.29, 1.82) is 0 Å². The highest BCUT2D eigenvalue weighted by Crippen LogP contribution is 2.32. The molecule has 0 bridgehead atoms. The second-order valence-electron chi connectivity index (χ2n) is 4.40. The number of thiophene rings is 1. The Morgan fingerprint density at radius 1 is 1.28 bits per heavy atom. The number of nitrogens with one attached hydrogen (secondary N) is 1. The molecule has 2 heterocycles. The number of fused-ring (bicyclic) bond motifs is 1. The first-order valence-corrected chi connectivity index (χ1v) is 6.86. The highest BCUT2D eigenvalue weighted by molar-refractivity contribution is 7.17. The van der Waals surface area contributed by atoms with E-state index in [1.165, 1.54) is 21.2 Å². The van der Waals surface area contributed by atoms with Gasteiger partial charge in [-0.2, -0.15) is 0 Å². The first-order valence-electron chi connectivity index (χ1n) is 5.98. The minimum atomic E-state index is 0.185. The van der Waals surface area contributed by atoms with Gasteiger partial charge in [0, 0.05) is 10.3 Å².